The van der Waals surface area contributed by atoms with Crippen LogP contribution in [-0.2, 0) is 9.59 Å². The second-order valence-corrected chi connectivity index (χ2v) is 5.70. The fourth-order valence-electron chi connectivity index (χ4n) is 3.07. The van der Waals surface area contributed by atoms with Gasteiger partial charge < -0.3 is 10.6 Å². The quantitative estimate of drug-likeness (QED) is 0.786. The van der Waals surface area contributed by atoms with Crippen molar-refractivity contribution >= 4 is 11.8 Å². The third-order valence-electron chi connectivity index (χ3n) is 4.30. The minimum atomic E-state index is 0.171. The largest absolute Gasteiger partial charge is 0.353 e. The zero-order valence-electron chi connectivity index (χ0n) is 11.2. The molecule has 0 aromatic rings. The molecule has 2 heterocycles. The van der Waals surface area contributed by atoms with Gasteiger partial charge in [0, 0.05) is 24.9 Å². The van der Waals surface area contributed by atoms with E-state index in [1.807, 2.05) is 0 Å². The van der Waals surface area contributed by atoms with Gasteiger partial charge >= 0.3 is 0 Å². The lowest BCUT2D eigenvalue weighted by Crippen LogP contribution is -2.48. The lowest BCUT2D eigenvalue weighted by Gasteiger charge is -2.30. The summed E-state index contributed by atoms with van der Waals surface area (Å²) in [7, 11) is 0. The van der Waals surface area contributed by atoms with Crippen molar-refractivity contribution in [3.63, 3.8) is 0 Å². The Morgan fingerprint density at radius 1 is 0.889 bits per heavy atom. The average Bonchev–Trinajstić information content (AvgIpc) is 2.68. The molecule has 0 spiro atoms. The molecule has 18 heavy (non-hydrogen) atoms. The van der Waals surface area contributed by atoms with E-state index in [9.17, 15) is 9.59 Å². The summed E-state index contributed by atoms with van der Waals surface area (Å²) in [5, 5.41) is 6.24. The summed E-state index contributed by atoms with van der Waals surface area (Å²) >= 11 is 0. The van der Waals surface area contributed by atoms with E-state index in [4.69, 9.17) is 0 Å². The highest BCUT2D eigenvalue weighted by Crippen LogP contribution is 2.23. The fraction of sp³-hybridized carbons (Fsp3) is 0.857. The summed E-state index contributed by atoms with van der Waals surface area (Å²) in [5.41, 5.74) is 0. The number of hydrogen-bond acceptors (Lipinski definition) is 2. The van der Waals surface area contributed by atoms with E-state index < -0.39 is 0 Å². The van der Waals surface area contributed by atoms with Crippen LogP contribution in [0.5, 0.6) is 0 Å². The first-order chi connectivity index (χ1) is 8.66. The molecule has 2 atom stereocenters. The van der Waals surface area contributed by atoms with Crippen molar-refractivity contribution in [3.05, 3.63) is 0 Å². The third kappa shape index (κ3) is 3.47. The van der Waals surface area contributed by atoms with Crippen molar-refractivity contribution in [2.45, 2.75) is 70.4 Å². The number of nitrogens with one attached hydrogen (secondary N) is 2. The van der Waals surface area contributed by atoms with Gasteiger partial charge in [-0.05, 0) is 31.6 Å². The van der Waals surface area contributed by atoms with Crippen LogP contribution in [0.4, 0.5) is 0 Å². The van der Waals surface area contributed by atoms with E-state index in [-0.39, 0.29) is 23.9 Å². The van der Waals surface area contributed by atoms with E-state index >= 15 is 0 Å². The standard InChI is InChI=1S/C14H24N2O2/c1-10(11-6-2-4-8-13(17)15-11)12-7-3-5-9-14(18)16-12/h10-12H,2-9H2,1H3,(H,15,17)(H,16,18). The summed E-state index contributed by atoms with van der Waals surface area (Å²) in [6, 6.07) is 0.451. The fourth-order valence-corrected chi connectivity index (χ4v) is 3.07. The van der Waals surface area contributed by atoms with Crippen LogP contribution < -0.4 is 10.6 Å². The lowest BCUT2D eigenvalue weighted by molar-refractivity contribution is -0.121. The van der Waals surface area contributed by atoms with Crippen molar-refractivity contribution in [1.29, 1.82) is 0 Å². The van der Waals surface area contributed by atoms with Gasteiger partial charge in [0.1, 0.15) is 0 Å². The molecule has 0 aliphatic carbocycles. The zero-order chi connectivity index (χ0) is 13.0. The van der Waals surface area contributed by atoms with Gasteiger partial charge in [-0.3, -0.25) is 9.59 Å². The molecule has 0 radical (unpaired) electrons. The molecule has 4 nitrogen and oxygen atoms in total. The van der Waals surface area contributed by atoms with Crippen molar-refractivity contribution < 1.29 is 9.59 Å². The molecule has 0 bridgehead atoms. The Morgan fingerprint density at radius 3 is 1.78 bits per heavy atom. The minimum absolute atomic E-state index is 0.171. The van der Waals surface area contributed by atoms with Crippen LogP contribution in [0.25, 0.3) is 0 Å². The molecular formula is C14H24N2O2. The van der Waals surface area contributed by atoms with E-state index in [0.29, 0.717) is 18.8 Å². The first kappa shape index (κ1) is 13.4. The highest BCUT2D eigenvalue weighted by molar-refractivity contribution is 5.77. The van der Waals surface area contributed by atoms with Crippen LogP contribution >= 0.6 is 0 Å². The van der Waals surface area contributed by atoms with Gasteiger partial charge in [0.15, 0.2) is 0 Å². The molecule has 2 saturated heterocycles. The SMILES string of the molecule is CC(C1CCCCC(=O)N1)C1CCCCC(=O)N1. The Balaban J connectivity index is 1.97. The summed E-state index contributed by atoms with van der Waals surface area (Å²) in [4.78, 5) is 23.2. The van der Waals surface area contributed by atoms with Crippen molar-refractivity contribution in [2.24, 2.45) is 5.92 Å². The highest BCUT2D eigenvalue weighted by atomic mass is 16.2. The van der Waals surface area contributed by atoms with Crippen LogP contribution in [0.1, 0.15) is 58.3 Å². The molecule has 102 valence electrons. The van der Waals surface area contributed by atoms with E-state index in [0.717, 1.165) is 38.5 Å². The first-order valence-corrected chi connectivity index (χ1v) is 7.25. The van der Waals surface area contributed by atoms with Gasteiger partial charge in [0.25, 0.3) is 0 Å². The summed E-state index contributed by atoms with van der Waals surface area (Å²) in [6.07, 6.45) is 7.58. The van der Waals surface area contributed by atoms with Crippen LogP contribution in [0.15, 0.2) is 0 Å². The Kier molecular flexibility index (Phi) is 4.61. The highest BCUT2D eigenvalue weighted by Gasteiger charge is 2.29. The van der Waals surface area contributed by atoms with Gasteiger partial charge in [-0.1, -0.05) is 19.8 Å². The number of amides is 2. The Hall–Kier alpha value is -1.06. The van der Waals surface area contributed by atoms with Gasteiger partial charge in [0.2, 0.25) is 11.8 Å². The molecule has 2 rings (SSSR count). The molecule has 0 aromatic carbocycles. The minimum Gasteiger partial charge on any atom is -0.353 e. The normalized spacial score (nSPS) is 31.8. The van der Waals surface area contributed by atoms with Crippen LogP contribution in [0, 0.1) is 5.92 Å². The van der Waals surface area contributed by atoms with Gasteiger partial charge in [-0.25, -0.2) is 0 Å². The Labute approximate surface area is 109 Å². The monoisotopic (exact) mass is 252 g/mol. The maximum Gasteiger partial charge on any atom is 0.220 e. The molecule has 0 saturated carbocycles. The molecule has 2 fully saturated rings. The predicted octanol–water partition coefficient (Wildman–Crippen LogP) is 1.74. The third-order valence-corrected chi connectivity index (χ3v) is 4.30. The van der Waals surface area contributed by atoms with E-state index in [1.165, 1.54) is 0 Å². The first-order valence-electron chi connectivity index (χ1n) is 7.25. The molecule has 2 N–H and O–H groups in total. The molecule has 0 aromatic heterocycles. The topological polar surface area (TPSA) is 58.2 Å². The van der Waals surface area contributed by atoms with Crippen LogP contribution in [0.3, 0.4) is 0 Å². The molecule has 4 heteroatoms. The number of carbonyl (C=O) groups excluding carboxylic acids is 2. The molecule has 2 unspecified atom stereocenters. The summed E-state index contributed by atoms with van der Waals surface area (Å²) in [5.74, 6) is 0.669. The molecular weight excluding hydrogens is 228 g/mol. The number of hydrogen-bond donors (Lipinski definition) is 2. The maximum atomic E-state index is 11.6. The zero-order valence-corrected chi connectivity index (χ0v) is 11.2. The molecule has 2 aliphatic heterocycles. The summed E-state index contributed by atoms with van der Waals surface area (Å²) < 4.78 is 0. The van der Waals surface area contributed by atoms with Crippen molar-refractivity contribution in [1.82, 2.24) is 10.6 Å². The second kappa shape index (κ2) is 6.21. The number of rotatable bonds is 2. The van der Waals surface area contributed by atoms with Gasteiger partial charge in [0.05, 0.1) is 0 Å². The van der Waals surface area contributed by atoms with Crippen molar-refractivity contribution in [2.75, 3.05) is 0 Å². The average molecular weight is 252 g/mol. The second-order valence-electron chi connectivity index (χ2n) is 5.70. The van der Waals surface area contributed by atoms with E-state index in [2.05, 4.69) is 17.6 Å². The Morgan fingerprint density at radius 2 is 1.33 bits per heavy atom. The van der Waals surface area contributed by atoms with Crippen LogP contribution in [-0.4, -0.2) is 23.9 Å². The van der Waals surface area contributed by atoms with E-state index in [1.54, 1.807) is 0 Å². The van der Waals surface area contributed by atoms with Gasteiger partial charge in [-0.2, -0.15) is 0 Å². The van der Waals surface area contributed by atoms with Gasteiger partial charge in [-0.15, -0.1) is 0 Å². The van der Waals surface area contributed by atoms with Crippen LogP contribution in [0.2, 0.25) is 0 Å². The number of carbonyl (C=O) groups is 2. The van der Waals surface area contributed by atoms with Crippen molar-refractivity contribution in [3.8, 4) is 0 Å². The predicted molar refractivity (Wildman–Crippen MR) is 70.0 cm³/mol. The molecule has 2 amide bonds. The molecule has 2 aliphatic rings. The maximum absolute atomic E-state index is 11.6. The lowest BCUT2D eigenvalue weighted by atomic mass is 9.88. The summed E-state index contributed by atoms with van der Waals surface area (Å²) in [6.45, 7) is 2.16. The Bertz CT molecular complexity index is 287. The smallest absolute Gasteiger partial charge is 0.220 e.